The smallest absolute Gasteiger partial charge is 0.266 e. The number of hydrogen-bond acceptors (Lipinski definition) is 6. The average molecular weight is 476 g/mol. The third kappa shape index (κ3) is 4.37. The average Bonchev–Trinajstić information content (AvgIpc) is 3.19. The number of carbonyl (C=O) groups excluding carboxylic acids is 2. The molecule has 0 radical (unpaired) electrons. The van der Waals surface area contributed by atoms with Crippen molar-refractivity contribution in [1.29, 1.82) is 0 Å². The first-order valence-electron chi connectivity index (χ1n) is 9.15. The number of rotatable bonds is 4. The fourth-order valence-corrected chi connectivity index (χ4v) is 5.91. The number of halogens is 1. The number of fused-ring (bicyclic) bond motifs is 1. The molecule has 1 unspecified atom stereocenters. The van der Waals surface area contributed by atoms with Gasteiger partial charge in [0.25, 0.3) is 5.91 Å². The lowest BCUT2D eigenvalue weighted by Gasteiger charge is -2.17. The molecule has 2 heterocycles. The lowest BCUT2D eigenvalue weighted by molar-refractivity contribution is -0.128. The molecule has 0 aromatic heterocycles. The van der Waals surface area contributed by atoms with Crippen LogP contribution in [0.3, 0.4) is 0 Å². The summed E-state index contributed by atoms with van der Waals surface area (Å²) in [6, 6.07) is 11.4. The van der Waals surface area contributed by atoms with Gasteiger partial charge in [0.1, 0.15) is 10.9 Å². The van der Waals surface area contributed by atoms with Crippen LogP contribution in [0.1, 0.15) is 16.7 Å². The second kappa shape index (κ2) is 8.63. The van der Waals surface area contributed by atoms with Gasteiger partial charge in [0.15, 0.2) is 5.50 Å². The minimum Gasteiger partial charge on any atom is -0.355 e. The molecule has 2 aromatic carbocycles. The van der Waals surface area contributed by atoms with Crippen molar-refractivity contribution in [2.24, 2.45) is 0 Å². The van der Waals surface area contributed by atoms with Crippen molar-refractivity contribution in [3.63, 3.8) is 0 Å². The van der Waals surface area contributed by atoms with Gasteiger partial charge >= 0.3 is 0 Å². The van der Waals surface area contributed by atoms with Gasteiger partial charge in [0.05, 0.1) is 10.6 Å². The van der Waals surface area contributed by atoms with E-state index in [0.717, 1.165) is 21.7 Å². The van der Waals surface area contributed by atoms with Gasteiger partial charge in [0.2, 0.25) is 5.91 Å². The minimum absolute atomic E-state index is 0.127. The first kappa shape index (κ1) is 21.2. The van der Waals surface area contributed by atoms with Gasteiger partial charge in [-0.05, 0) is 48.7 Å². The Morgan fingerprint density at radius 2 is 2.10 bits per heavy atom. The molecular formula is C21H18ClN3O2S3. The van der Waals surface area contributed by atoms with Crippen molar-refractivity contribution in [2.75, 3.05) is 11.9 Å². The summed E-state index contributed by atoms with van der Waals surface area (Å²) in [5.41, 5.74) is 3.79. The molecule has 0 spiro atoms. The Bertz CT molecular complexity index is 1100. The van der Waals surface area contributed by atoms with E-state index >= 15 is 0 Å². The highest BCUT2D eigenvalue weighted by molar-refractivity contribution is 8.26. The molecule has 0 saturated carbocycles. The van der Waals surface area contributed by atoms with Gasteiger partial charge in [-0.1, -0.05) is 71.6 Å². The molecule has 4 rings (SSSR count). The van der Waals surface area contributed by atoms with Gasteiger partial charge in [-0.25, -0.2) is 0 Å². The number of aryl methyl sites for hydroxylation is 2. The Balaban J connectivity index is 1.40. The van der Waals surface area contributed by atoms with E-state index < -0.39 is 0 Å². The molecule has 0 aliphatic carbocycles. The van der Waals surface area contributed by atoms with Crippen molar-refractivity contribution in [3.8, 4) is 0 Å². The monoisotopic (exact) mass is 475 g/mol. The van der Waals surface area contributed by atoms with E-state index in [1.807, 2.05) is 32.0 Å². The Morgan fingerprint density at radius 1 is 1.33 bits per heavy atom. The van der Waals surface area contributed by atoms with Crippen LogP contribution in [0.15, 0.2) is 46.2 Å². The maximum absolute atomic E-state index is 12.8. The molecular weight excluding hydrogens is 458 g/mol. The zero-order valence-electron chi connectivity index (χ0n) is 16.2. The van der Waals surface area contributed by atoms with Crippen molar-refractivity contribution in [1.82, 2.24) is 10.2 Å². The Labute approximate surface area is 193 Å². The molecule has 9 heteroatoms. The third-order valence-corrected chi connectivity index (χ3v) is 7.39. The number of benzene rings is 2. The van der Waals surface area contributed by atoms with Crippen LogP contribution in [0.25, 0.3) is 6.08 Å². The molecule has 2 amide bonds. The Kier molecular flexibility index (Phi) is 6.11. The lowest BCUT2D eigenvalue weighted by atomic mass is 10.1. The van der Waals surface area contributed by atoms with E-state index in [1.54, 1.807) is 23.9 Å². The summed E-state index contributed by atoms with van der Waals surface area (Å²) in [6.07, 6.45) is 1.70. The van der Waals surface area contributed by atoms with E-state index in [4.69, 9.17) is 23.8 Å². The summed E-state index contributed by atoms with van der Waals surface area (Å²) >= 11 is 14.2. The zero-order valence-corrected chi connectivity index (χ0v) is 19.4. The SMILES string of the molecule is Cc1cc(C)c2c(c1)SC(NC(=O)CN1C(=O)/C(=C\c3ccccc3Cl)SC1=S)N2. The van der Waals surface area contributed by atoms with Crippen LogP contribution in [0.5, 0.6) is 0 Å². The number of carbonyl (C=O) groups is 2. The standard InChI is InChI=1S/C21H18ClN3O2S3/c1-11-7-12(2)18-15(8-11)29-20(24-18)23-17(26)10-25-19(27)16(30-21(25)28)9-13-5-3-4-6-14(13)22/h3-9,20,24H,10H2,1-2H3,(H,23,26)/b16-9+. The van der Waals surface area contributed by atoms with Crippen molar-refractivity contribution in [3.05, 3.63) is 63.0 Å². The predicted octanol–water partition coefficient (Wildman–Crippen LogP) is 4.78. The second-order valence-electron chi connectivity index (χ2n) is 6.95. The quantitative estimate of drug-likeness (QED) is 0.490. The largest absolute Gasteiger partial charge is 0.355 e. The fourth-order valence-electron chi connectivity index (χ4n) is 3.26. The predicted molar refractivity (Wildman–Crippen MR) is 129 cm³/mol. The van der Waals surface area contributed by atoms with E-state index in [-0.39, 0.29) is 23.9 Å². The molecule has 5 nitrogen and oxygen atoms in total. The Hall–Kier alpha value is -2.00. The van der Waals surface area contributed by atoms with Crippen LogP contribution >= 0.6 is 47.3 Å². The molecule has 154 valence electrons. The van der Waals surface area contributed by atoms with Gasteiger partial charge in [-0.3, -0.25) is 14.5 Å². The van der Waals surface area contributed by atoms with Gasteiger partial charge in [0, 0.05) is 9.92 Å². The zero-order chi connectivity index (χ0) is 21.4. The van der Waals surface area contributed by atoms with E-state index in [1.165, 1.54) is 22.2 Å². The lowest BCUT2D eigenvalue weighted by Crippen LogP contribution is -2.44. The fraction of sp³-hybridized carbons (Fsp3) is 0.190. The summed E-state index contributed by atoms with van der Waals surface area (Å²) in [6.45, 7) is 3.96. The molecule has 1 fully saturated rings. The first-order chi connectivity index (χ1) is 14.3. The van der Waals surface area contributed by atoms with Crippen LogP contribution in [-0.4, -0.2) is 33.1 Å². The molecule has 2 aliphatic rings. The number of thiocarbonyl (C=S) groups is 1. The van der Waals surface area contributed by atoms with E-state index in [2.05, 4.69) is 22.8 Å². The highest BCUT2D eigenvalue weighted by Gasteiger charge is 2.34. The molecule has 2 aliphatic heterocycles. The normalized spacial score (nSPS) is 19.2. The van der Waals surface area contributed by atoms with Crippen molar-refractivity contribution in [2.45, 2.75) is 24.2 Å². The highest BCUT2D eigenvalue weighted by atomic mass is 35.5. The van der Waals surface area contributed by atoms with Gasteiger partial charge in [-0.2, -0.15) is 0 Å². The maximum atomic E-state index is 12.8. The molecule has 1 saturated heterocycles. The number of anilines is 1. The van der Waals surface area contributed by atoms with Gasteiger partial charge < -0.3 is 10.6 Å². The molecule has 0 bridgehead atoms. The van der Waals surface area contributed by atoms with Crippen LogP contribution in [0.4, 0.5) is 5.69 Å². The summed E-state index contributed by atoms with van der Waals surface area (Å²) in [5, 5.41) is 6.79. The molecule has 2 N–H and O–H groups in total. The Morgan fingerprint density at radius 3 is 2.87 bits per heavy atom. The maximum Gasteiger partial charge on any atom is 0.266 e. The third-order valence-electron chi connectivity index (χ3n) is 4.62. The highest BCUT2D eigenvalue weighted by Crippen LogP contribution is 2.40. The summed E-state index contributed by atoms with van der Waals surface area (Å²) in [4.78, 5) is 28.2. The number of amides is 2. The number of hydrogen-bond donors (Lipinski definition) is 2. The van der Waals surface area contributed by atoms with Crippen molar-refractivity contribution >= 4 is 75.2 Å². The van der Waals surface area contributed by atoms with E-state index in [0.29, 0.717) is 14.2 Å². The summed E-state index contributed by atoms with van der Waals surface area (Å²) in [7, 11) is 0. The summed E-state index contributed by atoms with van der Waals surface area (Å²) < 4.78 is 0.357. The minimum atomic E-state index is -0.290. The van der Waals surface area contributed by atoms with Crippen molar-refractivity contribution < 1.29 is 9.59 Å². The van der Waals surface area contributed by atoms with Crippen LogP contribution in [0.2, 0.25) is 5.02 Å². The second-order valence-corrected chi connectivity index (χ2v) is 10.2. The van der Waals surface area contributed by atoms with Crippen LogP contribution in [0, 0.1) is 13.8 Å². The summed E-state index contributed by atoms with van der Waals surface area (Å²) in [5.74, 6) is -0.570. The molecule has 30 heavy (non-hydrogen) atoms. The molecule has 2 aromatic rings. The number of thioether (sulfide) groups is 2. The topological polar surface area (TPSA) is 61.4 Å². The first-order valence-corrected chi connectivity index (χ1v) is 11.6. The van der Waals surface area contributed by atoms with Gasteiger partial charge in [-0.15, -0.1) is 0 Å². The number of nitrogens with zero attached hydrogens (tertiary/aromatic N) is 1. The van der Waals surface area contributed by atoms with Crippen LogP contribution < -0.4 is 10.6 Å². The number of nitrogens with one attached hydrogen (secondary N) is 2. The van der Waals surface area contributed by atoms with E-state index in [9.17, 15) is 9.59 Å². The molecule has 1 atom stereocenters. The van der Waals surface area contributed by atoms with Crippen LogP contribution in [-0.2, 0) is 9.59 Å².